The Bertz CT molecular complexity index is 997. The highest BCUT2D eigenvalue weighted by Crippen LogP contribution is 2.32. The van der Waals surface area contributed by atoms with Crippen molar-refractivity contribution in [3.8, 4) is 0 Å². The minimum Gasteiger partial charge on any atom is -0.465 e. The lowest BCUT2D eigenvalue weighted by atomic mass is 10.1. The fourth-order valence-corrected chi connectivity index (χ4v) is 3.44. The molecule has 0 saturated carbocycles. The van der Waals surface area contributed by atoms with E-state index in [1.807, 2.05) is 19.1 Å². The molecular formula is C21H18N2O5S. The summed E-state index contributed by atoms with van der Waals surface area (Å²) in [6.45, 7) is 1.57. The third kappa shape index (κ3) is 4.91. The smallest absolute Gasteiger partial charge is 0.337 e. The number of anilines is 1. The summed E-state index contributed by atoms with van der Waals surface area (Å²) in [4.78, 5) is 49.5. The average Bonchev–Trinajstić information content (AvgIpc) is 2.97. The number of rotatable bonds is 5. The Morgan fingerprint density at radius 2 is 1.72 bits per heavy atom. The Labute approximate surface area is 171 Å². The largest absolute Gasteiger partial charge is 0.465 e. The topological polar surface area (TPSA) is 92.8 Å². The molecule has 7 nitrogen and oxygen atoms in total. The van der Waals surface area contributed by atoms with Crippen LogP contribution in [0.15, 0.2) is 53.4 Å². The number of imide groups is 1. The van der Waals surface area contributed by atoms with Crippen LogP contribution >= 0.6 is 11.8 Å². The molecule has 0 aliphatic carbocycles. The third-order valence-electron chi connectivity index (χ3n) is 4.14. The molecular weight excluding hydrogens is 392 g/mol. The molecule has 0 radical (unpaired) electrons. The number of hydrogen-bond donors (Lipinski definition) is 1. The second kappa shape index (κ2) is 8.74. The molecule has 1 N–H and O–H groups in total. The molecule has 2 aromatic carbocycles. The number of nitrogens with one attached hydrogen (secondary N) is 1. The van der Waals surface area contributed by atoms with E-state index in [1.165, 1.54) is 7.11 Å². The van der Waals surface area contributed by atoms with Crippen LogP contribution in [0, 0.1) is 6.92 Å². The summed E-state index contributed by atoms with van der Waals surface area (Å²) >= 11 is 0.769. The number of ether oxygens (including phenoxy) is 1. The summed E-state index contributed by atoms with van der Waals surface area (Å²) in [6, 6.07) is 13.6. The first kappa shape index (κ1) is 20.3. The summed E-state index contributed by atoms with van der Waals surface area (Å²) in [5, 5.41) is 2.16. The molecule has 0 spiro atoms. The third-order valence-corrected chi connectivity index (χ3v) is 5.05. The van der Waals surface area contributed by atoms with Gasteiger partial charge in [0.1, 0.15) is 6.54 Å². The average molecular weight is 410 g/mol. The summed E-state index contributed by atoms with van der Waals surface area (Å²) in [5.74, 6) is -1.45. The van der Waals surface area contributed by atoms with Gasteiger partial charge in [0.25, 0.3) is 11.1 Å². The standard InChI is InChI=1S/C21H18N2O5S/c1-13-3-9-16(10-4-13)22-18(24)12-23-19(25)17(29-21(23)27)11-14-5-7-15(8-6-14)20(26)28-2/h3-11H,12H2,1-2H3,(H,22,24)/b17-11+. The summed E-state index contributed by atoms with van der Waals surface area (Å²) in [6.07, 6.45) is 1.55. The van der Waals surface area contributed by atoms with Crippen LogP contribution in [0.5, 0.6) is 0 Å². The fourth-order valence-electron chi connectivity index (χ4n) is 2.60. The molecule has 0 atom stereocenters. The van der Waals surface area contributed by atoms with Crippen LogP contribution in [0.1, 0.15) is 21.5 Å². The van der Waals surface area contributed by atoms with E-state index in [-0.39, 0.29) is 11.4 Å². The molecule has 1 heterocycles. The minimum atomic E-state index is -0.531. The van der Waals surface area contributed by atoms with Crippen LogP contribution < -0.4 is 5.32 Å². The first-order chi connectivity index (χ1) is 13.9. The highest BCUT2D eigenvalue weighted by atomic mass is 32.2. The lowest BCUT2D eigenvalue weighted by molar-refractivity contribution is -0.127. The molecule has 1 saturated heterocycles. The van der Waals surface area contributed by atoms with Crippen LogP contribution in [0.4, 0.5) is 10.5 Å². The number of amides is 3. The number of hydrogen-bond acceptors (Lipinski definition) is 6. The SMILES string of the molecule is COC(=O)c1ccc(/C=C2/SC(=O)N(CC(=O)Nc3ccc(C)cc3)C2=O)cc1. The number of benzene rings is 2. The van der Waals surface area contributed by atoms with Gasteiger partial charge in [-0.05, 0) is 54.6 Å². The molecule has 3 rings (SSSR count). The summed E-state index contributed by atoms with van der Waals surface area (Å²) in [5.41, 5.74) is 2.67. The van der Waals surface area contributed by atoms with Gasteiger partial charge in [-0.1, -0.05) is 29.8 Å². The van der Waals surface area contributed by atoms with E-state index in [0.29, 0.717) is 16.8 Å². The van der Waals surface area contributed by atoms with Gasteiger partial charge in [0.2, 0.25) is 5.91 Å². The first-order valence-electron chi connectivity index (χ1n) is 8.67. The Balaban J connectivity index is 1.67. The molecule has 3 amide bonds. The van der Waals surface area contributed by atoms with Gasteiger partial charge in [-0.3, -0.25) is 19.3 Å². The van der Waals surface area contributed by atoms with E-state index in [1.54, 1.807) is 42.5 Å². The van der Waals surface area contributed by atoms with Gasteiger partial charge < -0.3 is 10.1 Å². The maximum atomic E-state index is 12.5. The van der Waals surface area contributed by atoms with E-state index in [2.05, 4.69) is 10.1 Å². The molecule has 0 unspecified atom stereocenters. The predicted octanol–water partition coefficient (Wildman–Crippen LogP) is 3.46. The number of nitrogens with zero attached hydrogens (tertiary/aromatic N) is 1. The van der Waals surface area contributed by atoms with Gasteiger partial charge in [0.05, 0.1) is 17.6 Å². The maximum absolute atomic E-state index is 12.5. The predicted molar refractivity (Wildman–Crippen MR) is 110 cm³/mol. The van der Waals surface area contributed by atoms with Gasteiger partial charge in [-0.2, -0.15) is 0 Å². The second-order valence-electron chi connectivity index (χ2n) is 6.30. The van der Waals surface area contributed by atoms with Gasteiger partial charge in [0, 0.05) is 5.69 Å². The Morgan fingerprint density at radius 1 is 1.07 bits per heavy atom. The van der Waals surface area contributed by atoms with Crippen molar-refractivity contribution >= 4 is 46.5 Å². The molecule has 1 aliphatic rings. The minimum absolute atomic E-state index is 0.212. The van der Waals surface area contributed by atoms with Crippen molar-refractivity contribution in [1.29, 1.82) is 0 Å². The monoisotopic (exact) mass is 410 g/mol. The Morgan fingerprint density at radius 3 is 2.34 bits per heavy atom. The lowest BCUT2D eigenvalue weighted by Crippen LogP contribution is -2.36. The molecule has 0 aromatic heterocycles. The zero-order valence-electron chi connectivity index (χ0n) is 15.8. The molecule has 29 heavy (non-hydrogen) atoms. The summed E-state index contributed by atoms with van der Waals surface area (Å²) < 4.78 is 4.64. The number of carbonyl (C=O) groups is 4. The highest BCUT2D eigenvalue weighted by molar-refractivity contribution is 8.18. The van der Waals surface area contributed by atoms with Crippen LogP contribution in [0.25, 0.3) is 6.08 Å². The van der Waals surface area contributed by atoms with Crippen LogP contribution in [0.3, 0.4) is 0 Å². The zero-order chi connectivity index (χ0) is 21.0. The van der Waals surface area contributed by atoms with Gasteiger partial charge in [-0.15, -0.1) is 0 Å². The summed E-state index contributed by atoms with van der Waals surface area (Å²) in [7, 11) is 1.29. The Kier molecular flexibility index (Phi) is 6.13. The second-order valence-corrected chi connectivity index (χ2v) is 7.29. The van der Waals surface area contributed by atoms with Gasteiger partial charge in [-0.25, -0.2) is 4.79 Å². The van der Waals surface area contributed by atoms with Crippen molar-refractivity contribution in [2.75, 3.05) is 19.0 Å². The molecule has 148 valence electrons. The van der Waals surface area contributed by atoms with Crippen molar-refractivity contribution in [3.05, 3.63) is 70.1 Å². The van der Waals surface area contributed by atoms with Gasteiger partial charge >= 0.3 is 5.97 Å². The van der Waals surface area contributed by atoms with Crippen molar-refractivity contribution in [2.45, 2.75) is 6.92 Å². The van der Waals surface area contributed by atoms with E-state index in [9.17, 15) is 19.2 Å². The van der Waals surface area contributed by atoms with Crippen molar-refractivity contribution < 1.29 is 23.9 Å². The molecule has 2 aromatic rings. The lowest BCUT2D eigenvalue weighted by Gasteiger charge is -2.12. The van der Waals surface area contributed by atoms with E-state index < -0.39 is 23.0 Å². The Hall–Kier alpha value is -3.39. The normalized spacial score (nSPS) is 15.0. The number of thioether (sulfide) groups is 1. The highest BCUT2D eigenvalue weighted by Gasteiger charge is 2.36. The number of methoxy groups -OCH3 is 1. The molecule has 0 bridgehead atoms. The number of carbonyl (C=O) groups excluding carboxylic acids is 4. The molecule has 1 aliphatic heterocycles. The van der Waals surface area contributed by atoms with E-state index >= 15 is 0 Å². The van der Waals surface area contributed by atoms with Crippen molar-refractivity contribution in [3.63, 3.8) is 0 Å². The van der Waals surface area contributed by atoms with Crippen LogP contribution in [0.2, 0.25) is 0 Å². The first-order valence-corrected chi connectivity index (χ1v) is 9.49. The maximum Gasteiger partial charge on any atom is 0.337 e. The van der Waals surface area contributed by atoms with Crippen molar-refractivity contribution in [2.24, 2.45) is 0 Å². The van der Waals surface area contributed by atoms with Crippen molar-refractivity contribution in [1.82, 2.24) is 4.90 Å². The van der Waals surface area contributed by atoms with Crippen LogP contribution in [-0.2, 0) is 14.3 Å². The van der Waals surface area contributed by atoms with E-state index in [4.69, 9.17) is 0 Å². The zero-order valence-corrected chi connectivity index (χ0v) is 16.6. The van der Waals surface area contributed by atoms with Crippen LogP contribution in [-0.4, -0.2) is 41.6 Å². The fraction of sp³-hybridized carbons (Fsp3) is 0.143. The quantitative estimate of drug-likeness (QED) is 0.599. The molecule has 8 heteroatoms. The number of aryl methyl sites for hydroxylation is 1. The van der Waals surface area contributed by atoms with Gasteiger partial charge in [0.15, 0.2) is 0 Å². The molecule has 1 fully saturated rings. The number of esters is 1. The van der Waals surface area contributed by atoms with E-state index in [0.717, 1.165) is 22.2 Å².